The van der Waals surface area contributed by atoms with E-state index in [0.29, 0.717) is 17.0 Å². The molecular weight excluding hydrogens is 246 g/mol. The van der Waals surface area contributed by atoms with Crippen molar-refractivity contribution in [2.75, 3.05) is 11.0 Å². The van der Waals surface area contributed by atoms with Crippen molar-refractivity contribution >= 4 is 21.7 Å². The van der Waals surface area contributed by atoms with Gasteiger partial charge in [-0.15, -0.1) is 0 Å². The third-order valence-corrected chi connectivity index (χ3v) is 2.92. The van der Waals surface area contributed by atoms with E-state index in [1.165, 1.54) is 6.07 Å². The molecule has 1 heterocycles. The minimum atomic E-state index is -3.33. The van der Waals surface area contributed by atoms with E-state index in [1.54, 1.807) is 12.1 Å². The molecule has 1 aromatic rings. The lowest BCUT2D eigenvalue weighted by Gasteiger charge is -2.05. The highest BCUT2D eigenvalue weighted by molar-refractivity contribution is 7.92. The molecule has 0 fully saturated rings. The number of sulfonamides is 1. The molecule has 1 aromatic carbocycles. The number of benzene rings is 1. The van der Waals surface area contributed by atoms with Crippen molar-refractivity contribution in [3.8, 4) is 5.75 Å². The normalized spacial score (nSPS) is 18.3. The molecule has 6 nitrogen and oxygen atoms in total. The van der Waals surface area contributed by atoms with Crippen LogP contribution in [0.15, 0.2) is 18.2 Å². The Hall–Kier alpha value is -1.76. The number of hydrogen-bond acceptors (Lipinski definition) is 4. The summed E-state index contributed by atoms with van der Waals surface area (Å²) in [6, 6.07) is 4.68. The van der Waals surface area contributed by atoms with Gasteiger partial charge >= 0.3 is 5.97 Å². The summed E-state index contributed by atoms with van der Waals surface area (Å²) in [6.07, 6.45) is 0.402. The number of hydrogen-bond donors (Lipinski definition) is 2. The Bertz CT molecular complexity index is 566. The van der Waals surface area contributed by atoms with E-state index in [1.807, 2.05) is 0 Å². The topological polar surface area (TPSA) is 92.7 Å². The monoisotopic (exact) mass is 257 g/mol. The third-order valence-electron chi connectivity index (χ3n) is 2.31. The van der Waals surface area contributed by atoms with Crippen LogP contribution in [-0.4, -0.2) is 31.9 Å². The number of carboxylic acids is 1. The molecule has 2 N–H and O–H groups in total. The minimum absolute atomic E-state index is 0.240. The van der Waals surface area contributed by atoms with Crippen molar-refractivity contribution in [3.05, 3.63) is 23.8 Å². The lowest BCUT2D eigenvalue weighted by molar-refractivity contribution is -0.144. The molecule has 2 rings (SSSR count). The number of rotatable bonds is 3. The first-order valence-electron chi connectivity index (χ1n) is 4.85. The van der Waals surface area contributed by atoms with Gasteiger partial charge in [0, 0.05) is 17.7 Å². The Morgan fingerprint density at radius 1 is 1.53 bits per heavy atom. The first-order valence-corrected chi connectivity index (χ1v) is 6.74. The maximum atomic E-state index is 11.0. The van der Waals surface area contributed by atoms with Crippen LogP contribution in [0.1, 0.15) is 5.56 Å². The molecule has 0 radical (unpaired) electrons. The second kappa shape index (κ2) is 3.92. The van der Waals surface area contributed by atoms with Crippen LogP contribution in [0, 0.1) is 0 Å². The fourth-order valence-electron chi connectivity index (χ4n) is 1.66. The molecule has 0 spiro atoms. The van der Waals surface area contributed by atoms with E-state index in [2.05, 4.69) is 4.72 Å². The summed E-state index contributed by atoms with van der Waals surface area (Å²) in [6.45, 7) is 0. The number of nitrogens with one attached hydrogen (secondary N) is 1. The minimum Gasteiger partial charge on any atom is -0.478 e. The highest BCUT2D eigenvalue weighted by Gasteiger charge is 2.28. The van der Waals surface area contributed by atoms with Crippen molar-refractivity contribution in [1.82, 2.24) is 0 Å². The highest BCUT2D eigenvalue weighted by atomic mass is 32.2. The van der Waals surface area contributed by atoms with Crippen LogP contribution >= 0.6 is 0 Å². The zero-order valence-electron chi connectivity index (χ0n) is 9.00. The summed E-state index contributed by atoms with van der Waals surface area (Å²) in [5.41, 5.74) is 1.09. The van der Waals surface area contributed by atoms with Gasteiger partial charge in [0.25, 0.3) is 0 Å². The summed E-state index contributed by atoms with van der Waals surface area (Å²) in [5, 5.41) is 8.80. The van der Waals surface area contributed by atoms with Gasteiger partial charge in [-0.05, 0) is 18.2 Å². The SMILES string of the molecule is CS(=O)(=O)Nc1ccc2c(c1)C[C@@H](C(=O)O)O2. The van der Waals surface area contributed by atoms with Gasteiger partial charge in [0.15, 0.2) is 6.10 Å². The van der Waals surface area contributed by atoms with E-state index in [4.69, 9.17) is 9.84 Å². The van der Waals surface area contributed by atoms with Crippen molar-refractivity contribution < 1.29 is 23.1 Å². The molecule has 1 atom stereocenters. The molecular formula is C10H11NO5S. The summed E-state index contributed by atoms with van der Waals surface area (Å²) in [5.74, 6) is -0.546. The molecule has 0 aliphatic carbocycles. The van der Waals surface area contributed by atoms with Gasteiger partial charge in [-0.1, -0.05) is 0 Å². The maximum Gasteiger partial charge on any atom is 0.345 e. The predicted molar refractivity (Wildman–Crippen MR) is 60.7 cm³/mol. The summed E-state index contributed by atoms with van der Waals surface area (Å²) < 4.78 is 29.6. The smallest absolute Gasteiger partial charge is 0.345 e. The fraction of sp³-hybridized carbons (Fsp3) is 0.300. The Morgan fingerprint density at radius 2 is 2.24 bits per heavy atom. The highest BCUT2D eigenvalue weighted by Crippen LogP contribution is 2.31. The lowest BCUT2D eigenvalue weighted by Crippen LogP contribution is -2.24. The molecule has 0 saturated carbocycles. The maximum absolute atomic E-state index is 11.0. The molecule has 1 aliphatic heterocycles. The van der Waals surface area contributed by atoms with Gasteiger partial charge in [0.05, 0.1) is 6.26 Å². The Balaban J connectivity index is 2.24. The van der Waals surface area contributed by atoms with Crippen molar-refractivity contribution in [1.29, 1.82) is 0 Å². The van der Waals surface area contributed by atoms with Crippen molar-refractivity contribution in [2.45, 2.75) is 12.5 Å². The number of aliphatic carboxylic acids is 1. The number of fused-ring (bicyclic) bond motifs is 1. The Morgan fingerprint density at radius 3 is 2.82 bits per heavy atom. The molecule has 0 aromatic heterocycles. The Labute approximate surface area is 98.3 Å². The molecule has 0 bridgehead atoms. The van der Waals surface area contributed by atoms with Gasteiger partial charge in [-0.25, -0.2) is 13.2 Å². The van der Waals surface area contributed by atoms with E-state index in [9.17, 15) is 13.2 Å². The van der Waals surface area contributed by atoms with Crippen LogP contribution in [0.5, 0.6) is 5.75 Å². The predicted octanol–water partition coefficient (Wildman–Crippen LogP) is 0.446. The van der Waals surface area contributed by atoms with Crippen LogP contribution in [0.25, 0.3) is 0 Å². The summed E-state index contributed by atoms with van der Waals surface area (Å²) in [4.78, 5) is 10.7. The van der Waals surface area contributed by atoms with Gasteiger partial charge in [-0.2, -0.15) is 0 Å². The zero-order chi connectivity index (χ0) is 12.6. The van der Waals surface area contributed by atoms with E-state index >= 15 is 0 Å². The van der Waals surface area contributed by atoms with Crippen LogP contribution in [0.4, 0.5) is 5.69 Å². The largest absolute Gasteiger partial charge is 0.478 e. The Kier molecular flexibility index (Phi) is 2.70. The van der Waals surface area contributed by atoms with E-state index in [0.717, 1.165) is 6.26 Å². The van der Waals surface area contributed by atoms with E-state index in [-0.39, 0.29) is 6.42 Å². The lowest BCUT2D eigenvalue weighted by atomic mass is 10.1. The fourth-order valence-corrected chi connectivity index (χ4v) is 2.22. The third kappa shape index (κ3) is 2.68. The van der Waals surface area contributed by atoms with Crippen LogP contribution in [0.2, 0.25) is 0 Å². The van der Waals surface area contributed by atoms with Crippen LogP contribution in [0.3, 0.4) is 0 Å². The second-order valence-corrected chi connectivity index (χ2v) is 5.59. The van der Waals surface area contributed by atoms with Crippen molar-refractivity contribution in [3.63, 3.8) is 0 Å². The number of carboxylic acid groups (broad SMARTS) is 1. The van der Waals surface area contributed by atoms with Gasteiger partial charge < -0.3 is 9.84 Å². The second-order valence-electron chi connectivity index (χ2n) is 3.85. The molecule has 0 unspecified atom stereocenters. The first-order chi connectivity index (χ1) is 7.85. The number of anilines is 1. The quantitative estimate of drug-likeness (QED) is 0.820. The molecule has 92 valence electrons. The zero-order valence-corrected chi connectivity index (χ0v) is 9.82. The molecule has 17 heavy (non-hydrogen) atoms. The standard InChI is InChI=1S/C10H11NO5S/c1-17(14,15)11-7-2-3-8-6(4-7)5-9(16-8)10(12)13/h2-4,9,11H,5H2,1H3,(H,12,13)/t9-/m0/s1. The van der Waals surface area contributed by atoms with Crippen molar-refractivity contribution in [2.24, 2.45) is 0 Å². The van der Waals surface area contributed by atoms with Gasteiger partial charge in [-0.3, -0.25) is 4.72 Å². The van der Waals surface area contributed by atoms with Crippen LogP contribution in [-0.2, 0) is 21.2 Å². The molecule has 0 amide bonds. The van der Waals surface area contributed by atoms with Gasteiger partial charge in [0.2, 0.25) is 10.0 Å². The van der Waals surface area contributed by atoms with E-state index < -0.39 is 22.1 Å². The van der Waals surface area contributed by atoms with Crippen LogP contribution < -0.4 is 9.46 Å². The van der Waals surface area contributed by atoms with Gasteiger partial charge in [0.1, 0.15) is 5.75 Å². The average molecular weight is 257 g/mol. The number of ether oxygens (including phenoxy) is 1. The summed E-state index contributed by atoms with van der Waals surface area (Å²) in [7, 11) is -3.33. The average Bonchev–Trinajstić information content (AvgIpc) is 2.57. The number of carbonyl (C=O) groups is 1. The molecule has 7 heteroatoms. The first kappa shape index (κ1) is 11.7. The molecule has 1 aliphatic rings. The molecule has 0 saturated heterocycles. The summed E-state index contributed by atoms with van der Waals surface area (Å²) >= 11 is 0.